The highest BCUT2D eigenvalue weighted by Gasteiger charge is 2.29. The molecule has 0 bridgehead atoms. The van der Waals surface area contributed by atoms with Gasteiger partial charge in [0.05, 0.1) is 10.4 Å². The van der Waals surface area contributed by atoms with Crippen LogP contribution >= 0.6 is 11.3 Å². The van der Waals surface area contributed by atoms with Crippen molar-refractivity contribution < 1.29 is 4.79 Å². The Balaban J connectivity index is 2.38. The molecule has 0 saturated carbocycles. The van der Waals surface area contributed by atoms with E-state index in [2.05, 4.69) is 10.3 Å². The predicted octanol–water partition coefficient (Wildman–Crippen LogP) is 1.49. The Bertz CT molecular complexity index is 372. The van der Waals surface area contributed by atoms with E-state index in [4.69, 9.17) is 5.73 Å². The van der Waals surface area contributed by atoms with E-state index in [0.29, 0.717) is 13.1 Å². The van der Waals surface area contributed by atoms with Gasteiger partial charge >= 0.3 is 0 Å². The van der Waals surface area contributed by atoms with Gasteiger partial charge in [-0.05, 0) is 20.3 Å². The summed E-state index contributed by atoms with van der Waals surface area (Å²) in [5.74, 6) is 0.0378. The predicted molar refractivity (Wildman–Crippen MR) is 71.0 cm³/mol. The van der Waals surface area contributed by atoms with E-state index in [9.17, 15) is 4.79 Å². The molecule has 0 aliphatic rings. The van der Waals surface area contributed by atoms with Crippen LogP contribution in [0.4, 0.5) is 0 Å². The molecular weight excluding hydrogens is 234 g/mol. The lowest BCUT2D eigenvalue weighted by Crippen LogP contribution is -2.44. The van der Waals surface area contributed by atoms with E-state index in [1.54, 1.807) is 11.3 Å². The summed E-state index contributed by atoms with van der Waals surface area (Å²) in [7, 11) is 0. The SMILES string of the molecule is CCC(C)(CN)C(=O)NCCc1nc(C)cs1. The zero-order chi connectivity index (χ0) is 12.9. The minimum absolute atomic E-state index is 0.0378. The minimum Gasteiger partial charge on any atom is -0.355 e. The van der Waals surface area contributed by atoms with Crippen LogP contribution in [0.1, 0.15) is 31.0 Å². The van der Waals surface area contributed by atoms with Crippen molar-refractivity contribution in [3.8, 4) is 0 Å². The Morgan fingerprint density at radius 3 is 2.82 bits per heavy atom. The lowest BCUT2D eigenvalue weighted by Gasteiger charge is -2.24. The summed E-state index contributed by atoms with van der Waals surface area (Å²) in [4.78, 5) is 16.3. The molecule has 1 amide bonds. The molecule has 1 atom stereocenters. The van der Waals surface area contributed by atoms with Crippen LogP contribution in [0, 0.1) is 12.3 Å². The Labute approximate surface area is 107 Å². The number of nitrogens with zero attached hydrogens (tertiary/aromatic N) is 1. The molecule has 0 aliphatic heterocycles. The Kier molecular flexibility index (Phi) is 5.08. The second-order valence-electron chi connectivity index (χ2n) is 4.51. The van der Waals surface area contributed by atoms with Gasteiger partial charge in [0.25, 0.3) is 0 Å². The first-order chi connectivity index (χ1) is 8.01. The number of hydrogen-bond acceptors (Lipinski definition) is 4. The number of carbonyl (C=O) groups is 1. The normalized spacial score (nSPS) is 14.4. The second-order valence-corrected chi connectivity index (χ2v) is 5.45. The van der Waals surface area contributed by atoms with Gasteiger partial charge < -0.3 is 11.1 Å². The molecule has 96 valence electrons. The first-order valence-corrected chi connectivity index (χ1v) is 6.79. The fourth-order valence-electron chi connectivity index (χ4n) is 1.41. The molecule has 1 aromatic heterocycles. The zero-order valence-corrected chi connectivity index (χ0v) is 11.6. The molecule has 0 aromatic carbocycles. The van der Waals surface area contributed by atoms with Gasteiger partial charge in [-0.2, -0.15) is 0 Å². The van der Waals surface area contributed by atoms with Crippen molar-refractivity contribution in [3.05, 3.63) is 16.1 Å². The first-order valence-electron chi connectivity index (χ1n) is 5.91. The van der Waals surface area contributed by atoms with Gasteiger partial charge in [-0.1, -0.05) is 6.92 Å². The smallest absolute Gasteiger partial charge is 0.227 e. The third-order valence-corrected chi connectivity index (χ3v) is 4.10. The molecule has 1 unspecified atom stereocenters. The summed E-state index contributed by atoms with van der Waals surface area (Å²) in [5, 5.41) is 6.02. The number of aromatic nitrogens is 1. The summed E-state index contributed by atoms with van der Waals surface area (Å²) < 4.78 is 0. The van der Waals surface area contributed by atoms with Crippen LogP contribution in [0.5, 0.6) is 0 Å². The Morgan fingerprint density at radius 2 is 2.35 bits per heavy atom. The van der Waals surface area contributed by atoms with Crippen molar-refractivity contribution in [2.45, 2.75) is 33.6 Å². The maximum absolute atomic E-state index is 11.9. The number of hydrogen-bond donors (Lipinski definition) is 2. The number of nitrogens with two attached hydrogens (primary N) is 1. The van der Waals surface area contributed by atoms with E-state index < -0.39 is 5.41 Å². The highest BCUT2D eigenvalue weighted by molar-refractivity contribution is 7.09. The fraction of sp³-hybridized carbons (Fsp3) is 0.667. The Hall–Kier alpha value is -0.940. The lowest BCUT2D eigenvalue weighted by molar-refractivity contribution is -0.129. The number of amides is 1. The van der Waals surface area contributed by atoms with Crippen LogP contribution in [0.25, 0.3) is 0 Å². The quantitative estimate of drug-likeness (QED) is 0.809. The average molecular weight is 255 g/mol. The summed E-state index contributed by atoms with van der Waals surface area (Å²) in [6.07, 6.45) is 1.54. The van der Waals surface area contributed by atoms with Crippen LogP contribution in [-0.2, 0) is 11.2 Å². The highest BCUT2D eigenvalue weighted by Crippen LogP contribution is 2.19. The molecule has 1 aromatic rings. The zero-order valence-electron chi connectivity index (χ0n) is 10.7. The number of thiazole rings is 1. The van der Waals surface area contributed by atoms with Crippen LogP contribution in [0.2, 0.25) is 0 Å². The second kappa shape index (κ2) is 6.12. The van der Waals surface area contributed by atoms with Crippen molar-refractivity contribution in [1.82, 2.24) is 10.3 Å². The topological polar surface area (TPSA) is 68.0 Å². The molecule has 1 heterocycles. The van der Waals surface area contributed by atoms with Gasteiger partial charge in [-0.3, -0.25) is 4.79 Å². The molecule has 0 radical (unpaired) electrons. The maximum atomic E-state index is 11.9. The largest absolute Gasteiger partial charge is 0.355 e. The number of carbonyl (C=O) groups excluding carboxylic acids is 1. The van der Waals surface area contributed by atoms with Crippen molar-refractivity contribution in [2.75, 3.05) is 13.1 Å². The van der Waals surface area contributed by atoms with E-state index in [1.165, 1.54) is 0 Å². The van der Waals surface area contributed by atoms with Crippen LogP contribution < -0.4 is 11.1 Å². The molecule has 5 heteroatoms. The standard InChI is InChI=1S/C12H21N3OS/c1-4-12(3,8-13)11(16)14-6-5-10-15-9(2)7-17-10/h7H,4-6,8,13H2,1-3H3,(H,14,16). The van der Waals surface area contributed by atoms with Gasteiger partial charge in [-0.25, -0.2) is 4.98 Å². The van der Waals surface area contributed by atoms with Crippen molar-refractivity contribution in [3.63, 3.8) is 0 Å². The van der Waals surface area contributed by atoms with Crippen LogP contribution in [0.3, 0.4) is 0 Å². The molecule has 0 saturated heterocycles. The third kappa shape index (κ3) is 3.78. The average Bonchev–Trinajstić information content (AvgIpc) is 2.74. The third-order valence-electron chi connectivity index (χ3n) is 3.07. The number of rotatable bonds is 6. The first kappa shape index (κ1) is 14.1. The van der Waals surface area contributed by atoms with Gasteiger partial charge in [0, 0.05) is 30.6 Å². The monoisotopic (exact) mass is 255 g/mol. The highest BCUT2D eigenvalue weighted by atomic mass is 32.1. The van der Waals surface area contributed by atoms with Gasteiger partial charge in [0.1, 0.15) is 0 Å². The van der Waals surface area contributed by atoms with E-state index in [-0.39, 0.29) is 5.91 Å². The van der Waals surface area contributed by atoms with Gasteiger partial charge in [-0.15, -0.1) is 11.3 Å². The van der Waals surface area contributed by atoms with Gasteiger partial charge in [0.15, 0.2) is 0 Å². The molecule has 4 nitrogen and oxygen atoms in total. The van der Waals surface area contributed by atoms with E-state index in [0.717, 1.165) is 23.5 Å². The lowest BCUT2D eigenvalue weighted by atomic mass is 9.87. The molecule has 3 N–H and O–H groups in total. The van der Waals surface area contributed by atoms with Crippen LogP contribution in [-0.4, -0.2) is 24.0 Å². The molecule has 17 heavy (non-hydrogen) atoms. The molecule has 0 fully saturated rings. The minimum atomic E-state index is -0.446. The number of aryl methyl sites for hydroxylation is 1. The van der Waals surface area contributed by atoms with Crippen molar-refractivity contribution in [2.24, 2.45) is 11.1 Å². The molecule has 0 spiro atoms. The molecule has 0 aliphatic carbocycles. The molecule has 1 rings (SSSR count). The fourth-order valence-corrected chi connectivity index (χ4v) is 2.19. The van der Waals surface area contributed by atoms with E-state index in [1.807, 2.05) is 26.2 Å². The van der Waals surface area contributed by atoms with Crippen molar-refractivity contribution >= 4 is 17.2 Å². The van der Waals surface area contributed by atoms with Gasteiger partial charge in [0.2, 0.25) is 5.91 Å². The summed E-state index contributed by atoms with van der Waals surface area (Å²) >= 11 is 1.63. The van der Waals surface area contributed by atoms with Crippen LogP contribution in [0.15, 0.2) is 5.38 Å². The van der Waals surface area contributed by atoms with E-state index >= 15 is 0 Å². The maximum Gasteiger partial charge on any atom is 0.227 e. The summed E-state index contributed by atoms with van der Waals surface area (Å²) in [6.45, 7) is 6.86. The summed E-state index contributed by atoms with van der Waals surface area (Å²) in [6, 6.07) is 0. The number of nitrogens with one attached hydrogen (secondary N) is 1. The van der Waals surface area contributed by atoms with Crippen molar-refractivity contribution in [1.29, 1.82) is 0 Å². The Morgan fingerprint density at radius 1 is 1.65 bits per heavy atom. The molecular formula is C12H21N3OS. The summed E-state index contributed by atoms with van der Waals surface area (Å²) in [5.41, 5.74) is 6.23.